The van der Waals surface area contributed by atoms with Crippen molar-refractivity contribution < 1.29 is 9.50 Å². The second kappa shape index (κ2) is 6.69. The molecule has 1 N–H and O–H groups in total. The Hall–Kier alpha value is -1.23. The van der Waals surface area contributed by atoms with Gasteiger partial charge in [0.05, 0.1) is 6.10 Å². The lowest BCUT2D eigenvalue weighted by Crippen LogP contribution is -2.35. The third-order valence-corrected chi connectivity index (χ3v) is 5.11. The molecule has 0 radical (unpaired) electrons. The highest BCUT2D eigenvalue weighted by atomic mass is 32.1. The Labute approximate surface area is 128 Å². The zero-order chi connectivity index (χ0) is 14.7. The average Bonchev–Trinajstić information content (AvgIpc) is 3.01. The summed E-state index contributed by atoms with van der Waals surface area (Å²) in [5.41, 5.74) is 0.827. The van der Waals surface area contributed by atoms with E-state index in [0.29, 0.717) is 0 Å². The number of benzene rings is 1. The second-order valence-electron chi connectivity index (χ2n) is 5.69. The smallest absolute Gasteiger partial charge is 0.123 e. The molecule has 2 heterocycles. The standard InChI is InChI=1S/C17H20FNOS/c18-15-5-3-13(4-6-15)17(20)14-7-9-19(10-8-14)12-16-2-1-11-21-16/h1-6,11,14,17,20H,7-10,12H2. The molecule has 21 heavy (non-hydrogen) atoms. The third kappa shape index (κ3) is 3.70. The van der Waals surface area contributed by atoms with Gasteiger partial charge in [-0.05, 0) is 61.0 Å². The van der Waals surface area contributed by atoms with Gasteiger partial charge in [0.1, 0.15) is 5.82 Å². The summed E-state index contributed by atoms with van der Waals surface area (Å²) in [6, 6.07) is 10.5. The molecular weight excluding hydrogens is 285 g/mol. The number of aliphatic hydroxyl groups excluding tert-OH is 1. The highest BCUT2D eigenvalue weighted by molar-refractivity contribution is 7.09. The van der Waals surface area contributed by atoms with E-state index in [1.807, 2.05) is 0 Å². The lowest BCUT2D eigenvalue weighted by atomic mass is 9.87. The molecule has 1 aliphatic heterocycles. The normalized spacial score (nSPS) is 18.8. The van der Waals surface area contributed by atoms with Gasteiger partial charge in [-0.2, -0.15) is 0 Å². The summed E-state index contributed by atoms with van der Waals surface area (Å²) in [4.78, 5) is 3.84. The highest BCUT2D eigenvalue weighted by Crippen LogP contribution is 2.31. The summed E-state index contributed by atoms with van der Waals surface area (Å²) in [6.07, 6.45) is 1.50. The first kappa shape index (κ1) is 14.7. The minimum atomic E-state index is -0.477. The number of piperidine rings is 1. The zero-order valence-corrected chi connectivity index (χ0v) is 12.7. The summed E-state index contributed by atoms with van der Waals surface area (Å²) >= 11 is 1.80. The number of rotatable bonds is 4. The van der Waals surface area contributed by atoms with Crippen molar-refractivity contribution in [2.45, 2.75) is 25.5 Å². The SMILES string of the molecule is OC(c1ccc(F)cc1)C1CCN(Cc2cccs2)CC1. The van der Waals surface area contributed by atoms with Crippen molar-refractivity contribution in [2.24, 2.45) is 5.92 Å². The van der Waals surface area contributed by atoms with Crippen molar-refractivity contribution in [3.05, 3.63) is 58.0 Å². The van der Waals surface area contributed by atoms with E-state index in [-0.39, 0.29) is 11.7 Å². The van der Waals surface area contributed by atoms with E-state index >= 15 is 0 Å². The van der Waals surface area contributed by atoms with Gasteiger partial charge >= 0.3 is 0 Å². The number of aliphatic hydroxyl groups is 1. The monoisotopic (exact) mass is 305 g/mol. The summed E-state index contributed by atoms with van der Waals surface area (Å²) in [5.74, 6) is 0.0202. The minimum Gasteiger partial charge on any atom is -0.388 e. The van der Waals surface area contributed by atoms with Crippen LogP contribution < -0.4 is 0 Å². The van der Waals surface area contributed by atoms with E-state index in [0.717, 1.165) is 38.0 Å². The van der Waals surface area contributed by atoms with Crippen molar-refractivity contribution in [1.29, 1.82) is 0 Å². The van der Waals surface area contributed by atoms with Gasteiger partial charge in [-0.3, -0.25) is 4.90 Å². The maximum Gasteiger partial charge on any atom is 0.123 e. The van der Waals surface area contributed by atoms with Gasteiger partial charge in [0, 0.05) is 11.4 Å². The molecule has 1 unspecified atom stereocenters. The fourth-order valence-corrected chi connectivity index (χ4v) is 3.73. The Morgan fingerprint density at radius 3 is 2.52 bits per heavy atom. The molecule has 2 nitrogen and oxygen atoms in total. The Morgan fingerprint density at radius 1 is 1.19 bits per heavy atom. The Balaban J connectivity index is 1.54. The van der Waals surface area contributed by atoms with Gasteiger partial charge in [0.2, 0.25) is 0 Å². The van der Waals surface area contributed by atoms with Gasteiger partial charge in [-0.15, -0.1) is 11.3 Å². The summed E-state index contributed by atoms with van der Waals surface area (Å²) < 4.78 is 12.9. The second-order valence-corrected chi connectivity index (χ2v) is 6.72. The number of nitrogens with zero attached hydrogens (tertiary/aromatic N) is 1. The van der Waals surface area contributed by atoms with Gasteiger partial charge in [-0.1, -0.05) is 18.2 Å². The van der Waals surface area contributed by atoms with Crippen LogP contribution in [0.15, 0.2) is 41.8 Å². The molecule has 0 saturated carbocycles. The number of hydrogen-bond donors (Lipinski definition) is 1. The molecule has 0 bridgehead atoms. The molecule has 1 aliphatic rings. The van der Waals surface area contributed by atoms with Crippen LogP contribution in [0.25, 0.3) is 0 Å². The molecule has 112 valence electrons. The molecule has 2 aromatic rings. The molecule has 1 fully saturated rings. The van der Waals surface area contributed by atoms with E-state index in [1.165, 1.54) is 17.0 Å². The van der Waals surface area contributed by atoms with Gasteiger partial charge in [0.25, 0.3) is 0 Å². The van der Waals surface area contributed by atoms with Crippen molar-refractivity contribution in [1.82, 2.24) is 4.90 Å². The molecular formula is C17H20FNOS. The van der Waals surface area contributed by atoms with Crippen LogP contribution in [0.1, 0.15) is 29.4 Å². The first-order valence-corrected chi connectivity index (χ1v) is 8.28. The first-order valence-electron chi connectivity index (χ1n) is 7.40. The van der Waals surface area contributed by atoms with Crippen molar-refractivity contribution in [3.8, 4) is 0 Å². The van der Waals surface area contributed by atoms with E-state index in [9.17, 15) is 9.50 Å². The lowest BCUT2D eigenvalue weighted by Gasteiger charge is -2.34. The summed E-state index contributed by atoms with van der Waals surface area (Å²) in [7, 11) is 0. The molecule has 1 aromatic carbocycles. The van der Waals surface area contributed by atoms with Crippen LogP contribution in [0.5, 0.6) is 0 Å². The summed E-state index contributed by atoms with van der Waals surface area (Å²) in [6.45, 7) is 3.04. The number of hydrogen-bond acceptors (Lipinski definition) is 3. The van der Waals surface area contributed by atoms with Crippen LogP contribution in [0.3, 0.4) is 0 Å². The van der Waals surface area contributed by atoms with Crippen LogP contribution >= 0.6 is 11.3 Å². The van der Waals surface area contributed by atoms with E-state index < -0.39 is 6.10 Å². The predicted octanol–water partition coefficient (Wildman–Crippen LogP) is 3.83. The first-order chi connectivity index (χ1) is 10.2. The van der Waals surface area contributed by atoms with Crippen LogP contribution in [0, 0.1) is 11.7 Å². The van der Waals surface area contributed by atoms with E-state index in [4.69, 9.17) is 0 Å². The molecule has 4 heteroatoms. The Morgan fingerprint density at radius 2 is 1.90 bits per heavy atom. The molecule has 0 spiro atoms. The molecule has 3 rings (SSSR count). The summed E-state index contributed by atoms with van der Waals surface area (Å²) in [5, 5.41) is 12.6. The van der Waals surface area contributed by atoms with Crippen molar-refractivity contribution in [3.63, 3.8) is 0 Å². The lowest BCUT2D eigenvalue weighted by molar-refractivity contribution is 0.0570. The predicted molar refractivity (Wildman–Crippen MR) is 83.7 cm³/mol. The van der Waals surface area contributed by atoms with Crippen LogP contribution in [0.2, 0.25) is 0 Å². The number of thiophene rings is 1. The number of likely N-dealkylation sites (tertiary alicyclic amines) is 1. The topological polar surface area (TPSA) is 23.5 Å². The zero-order valence-electron chi connectivity index (χ0n) is 11.9. The molecule has 1 saturated heterocycles. The van der Waals surface area contributed by atoms with Crippen LogP contribution in [0.4, 0.5) is 4.39 Å². The maximum atomic E-state index is 12.9. The minimum absolute atomic E-state index is 0.253. The van der Waals surface area contributed by atoms with Crippen molar-refractivity contribution in [2.75, 3.05) is 13.1 Å². The van der Waals surface area contributed by atoms with Crippen LogP contribution in [-0.2, 0) is 6.54 Å². The Bertz CT molecular complexity index is 547. The molecule has 1 atom stereocenters. The fraction of sp³-hybridized carbons (Fsp3) is 0.412. The number of halogens is 1. The molecule has 0 amide bonds. The van der Waals surface area contributed by atoms with Crippen LogP contribution in [-0.4, -0.2) is 23.1 Å². The molecule has 1 aromatic heterocycles. The quantitative estimate of drug-likeness (QED) is 0.928. The van der Waals surface area contributed by atoms with E-state index in [2.05, 4.69) is 22.4 Å². The third-order valence-electron chi connectivity index (χ3n) is 4.25. The molecule has 0 aliphatic carbocycles. The largest absolute Gasteiger partial charge is 0.388 e. The maximum absolute atomic E-state index is 12.9. The van der Waals surface area contributed by atoms with Gasteiger partial charge in [0.15, 0.2) is 0 Å². The van der Waals surface area contributed by atoms with Crippen molar-refractivity contribution >= 4 is 11.3 Å². The highest BCUT2D eigenvalue weighted by Gasteiger charge is 2.26. The fourth-order valence-electron chi connectivity index (χ4n) is 2.98. The van der Waals surface area contributed by atoms with Gasteiger partial charge < -0.3 is 5.11 Å². The van der Waals surface area contributed by atoms with E-state index in [1.54, 1.807) is 23.5 Å². The van der Waals surface area contributed by atoms with Gasteiger partial charge in [-0.25, -0.2) is 4.39 Å². The average molecular weight is 305 g/mol. The Kier molecular flexibility index (Phi) is 4.68.